The first kappa shape index (κ1) is 20.3. The second-order valence-corrected chi connectivity index (χ2v) is 8.49. The molecule has 0 aromatic heterocycles. The lowest BCUT2D eigenvalue weighted by atomic mass is 10.3. The van der Waals surface area contributed by atoms with E-state index < -0.39 is 0 Å². The fourth-order valence-corrected chi connectivity index (χ4v) is 4.25. The van der Waals surface area contributed by atoms with E-state index in [1.54, 1.807) is 0 Å². The molecule has 0 heterocycles. The molecule has 0 aliphatic heterocycles. The Kier molecular flexibility index (Phi) is 9.98. The topological polar surface area (TPSA) is 9.23 Å². The second kappa shape index (κ2) is 12.3. The molecule has 0 saturated carbocycles. The van der Waals surface area contributed by atoms with Crippen molar-refractivity contribution in [3.63, 3.8) is 0 Å². The summed E-state index contributed by atoms with van der Waals surface area (Å²) in [6, 6.07) is 16.9. The highest BCUT2D eigenvalue weighted by Gasteiger charge is 2.00. The van der Waals surface area contributed by atoms with Gasteiger partial charge in [0.1, 0.15) is 11.5 Å². The van der Waals surface area contributed by atoms with Gasteiger partial charge in [-0.3, -0.25) is 0 Å². The zero-order valence-electron chi connectivity index (χ0n) is 15.5. The zero-order valence-corrected chi connectivity index (χ0v) is 17.1. The van der Waals surface area contributed by atoms with Crippen molar-refractivity contribution in [1.82, 2.24) is 0 Å². The van der Waals surface area contributed by atoms with E-state index in [-0.39, 0.29) is 0 Å². The summed E-state index contributed by atoms with van der Waals surface area (Å²) >= 11 is 3.86. The first-order valence-corrected chi connectivity index (χ1v) is 11.4. The molecule has 0 unspecified atom stereocenters. The fraction of sp³-hybridized carbons (Fsp3) is 0.455. The smallest absolute Gasteiger partial charge is 0.127 e. The molecular formula is C22H30OS2. The van der Waals surface area contributed by atoms with Crippen molar-refractivity contribution in [3.05, 3.63) is 48.5 Å². The van der Waals surface area contributed by atoms with Gasteiger partial charge >= 0.3 is 0 Å². The molecule has 0 atom stereocenters. The molecule has 3 heteroatoms. The number of unbranched alkanes of at least 4 members (excludes halogenated alkanes) is 4. The molecule has 0 saturated heterocycles. The van der Waals surface area contributed by atoms with Gasteiger partial charge in [0, 0.05) is 9.79 Å². The molecule has 2 rings (SSSR count). The summed E-state index contributed by atoms with van der Waals surface area (Å²) in [5.41, 5.74) is 0. The van der Waals surface area contributed by atoms with Crippen LogP contribution in [0.5, 0.6) is 11.5 Å². The van der Waals surface area contributed by atoms with Crippen LogP contribution in [0.4, 0.5) is 0 Å². The van der Waals surface area contributed by atoms with Crippen LogP contribution in [0.2, 0.25) is 0 Å². The SMILES string of the molecule is CCCCCSc1ccc(Oc2ccc(SCCCCC)cc2)cc1. The highest BCUT2D eigenvalue weighted by molar-refractivity contribution is 7.99. The molecule has 0 fully saturated rings. The van der Waals surface area contributed by atoms with Gasteiger partial charge in [0.25, 0.3) is 0 Å². The highest BCUT2D eigenvalue weighted by Crippen LogP contribution is 2.28. The minimum Gasteiger partial charge on any atom is -0.457 e. The van der Waals surface area contributed by atoms with Gasteiger partial charge in [0.15, 0.2) is 0 Å². The van der Waals surface area contributed by atoms with Crippen LogP contribution in [0.15, 0.2) is 58.3 Å². The molecule has 136 valence electrons. The maximum Gasteiger partial charge on any atom is 0.127 e. The standard InChI is InChI=1S/C22H30OS2/c1-3-5-7-17-24-21-13-9-19(10-14-21)23-20-11-15-22(16-12-20)25-18-8-6-4-2/h9-16H,3-8,17-18H2,1-2H3. The molecule has 2 aromatic rings. The van der Waals surface area contributed by atoms with E-state index in [1.165, 1.54) is 59.8 Å². The molecule has 0 N–H and O–H groups in total. The summed E-state index contributed by atoms with van der Waals surface area (Å²) in [5.74, 6) is 4.21. The average Bonchev–Trinajstić information content (AvgIpc) is 2.65. The van der Waals surface area contributed by atoms with E-state index in [9.17, 15) is 0 Å². The third kappa shape index (κ3) is 8.24. The van der Waals surface area contributed by atoms with Gasteiger partial charge in [-0.2, -0.15) is 0 Å². The van der Waals surface area contributed by atoms with Gasteiger partial charge in [0.05, 0.1) is 0 Å². The Morgan fingerprint density at radius 2 is 1.00 bits per heavy atom. The number of ether oxygens (including phenoxy) is 1. The summed E-state index contributed by atoms with van der Waals surface area (Å²) < 4.78 is 5.96. The molecular weight excluding hydrogens is 344 g/mol. The van der Waals surface area contributed by atoms with Crippen molar-refractivity contribution >= 4 is 23.5 Å². The molecule has 0 aliphatic carbocycles. The van der Waals surface area contributed by atoms with Crippen molar-refractivity contribution in [2.75, 3.05) is 11.5 Å². The van der Waals surface area contributed by atoms with Crippen LogP contribution in [0, 0.1) is 0 Å². The summed E-state index contributed by atoms with van der Waals surface area (Å²) in [4.78, 5) is 2.64. The number of rotatable bonds is 12. The number of hydrogen-bond donors (Lipinski definition) is 0. The van der Waals surface area contributed by atoms with Crippen LogP contribution < -0.4 is 4.74 Å². The normalized spacial score (nSPS) is 10.8. The maximum atomic E-state index is 5.96. The quantitative estimate of drug-likeness (QED) is 0.275. The fourth-order valence-electron chi connectivity index (χ4n) is 2.43. The Bertz CT molecular complexity index is 524. The monoisotopic (exact) mass is 374 g/mol. The summed E-state index contributed by atoms with van der Waals surface area (Å²) in [7, 11) is 0. The summed E-state index contributed by atoms with van der Waals surface area (Å²) in [5, 5.41) is 0. The number of thioether (sulfide) groups is 2. The van der Waals surface area contributed by atoms with Crippen LogP contribution in [0.1, 0.15) is 52.4 Å². The minimum absolute atomic E-state index is 0.904. The third-order valence-corrected chi connectivity index (χ3v) is 6.11. The molecule has 0 amide bonds. The largest absolute Gasteiger partial charge is 0.457 e. The van der Waals surface area contributed by atoms with Crippen molar-refractivity contribution in [2.45, 2.75) is 62.2 Å². The third-order valence-electron chi connectivity index (χ3n) is 3.92. The molecule has 0 radical (unpaired) electrons. The lowest BCUT2D eigenvalue weighted by Crippen LogP contribution is -1.85. The van der Waals surface area contributed by atoms with Crippen LogP contribution in [0.3, 0.4) is 0 Å². The van der Waals surface area contributed by atoms with Crippen LogP contribution in [0.25, 0.3) is 0 Å². The van der Waals surface area contributed by atoms with E-state index in [1.807, 2.05) is 23.5 Å². The predicted octanol–water partition coefficient (Wildman–Crippen LogP) is 8.04. The Morgan fingerprint density at radius 1 is 0.600 bits per heavy atom. The van der Waals surface area contributed by atoms with Crippen LogP contribution in [-0.4, -0.2) is 11.5 Å². The molecule has 0 aliphatic rings. The molecule has 1 nitrogen and oxygen atoms in total. The lowest BCUT2D eigenvalue weighted by Gasteiger charge is -2.08. The molecule has 2 aromatic carbocycles. The van der Waals surface area contributed by atoms with Gasteiger partial charge in [-0.15, -0.1) is 23.5 Å². The predicted molar refractivity (Wildman–Crippen MR) is 113 cm³/mol. The Morgan fingerprint density at radius 3 is 1.36 bits per heavy atom. The highest BCUT2D eigenvalue weighted by atomic mass is 32.2. The van der Waals surface area contributed by atoms with Gasteiger partial charge in [0.2, 0.25) is 0 Å². The van der Waals surface area contributed by atoms with Crippen molar-refractivity contribution < 1.29 is 4.74 Å². The van der Waals surface area contributed by atoms with E-state index in [2.05, 4.69) is 62.4 Å². The number of benzene rings is 2. The summed E-state index contributed by atoms with van der Waals surface area (Å²) in [6.45, 7) is 4.49. The second-order valence-electron chi connectivity index (χ2n) is 6.16. The number of hydrogen-bond acceptors (Lipinski definition) is 3. The Labute approximate surface area is 161 Å². The molecule has 0 spiro atoms. The van der Waals surface area contributed by atoms with E-state index in [0.29, 0.717) is 0 Å². The van der Waals surface area contributed by atoms with Crippen LogP contribution >= 0.6 is 23.5 Å². The van der Waals surface area contributed by atoms with Crippen molar-refractivity contribution in [3.8, 4) is 11.5 Å². The Hall–Kier alpha value is -1.06. The van der Waals surface area contributed by atoms with Gasteiger partial charge in [-0.05, 0) is 72.9 Å². The van der Waals surface area contributed by atoms with Gasteiger partial charge < -0.3 is 4.74 Å². The van der Waals surface area contributed by atoms with Gasteiger partial charge in [-0.25, -0.2) is 0 Å². The van der Waals surface area contributed by atoms with E-state index in [0.717, 1.165) is 11.5 Å². The van der Waals surface area contributed by atoms with Crippen molar-refractivity contribution in [2.24, 2.45) is 0 Å². The average molecular weight is 375 g/mol. The van der Waals surface area contributed by atoms with Crippen molar-refractivity contribution in [1.29, 1.82) is 0 Å². The Balaban J connectivity index is 1.77. The summed E-state index contributed by atoms with van der Waals surface area (Å²) in [6.07, 6.45) is 7.79. The molecule has 25 heavy (non-hydrogen) atoms. The van der Waals surface area contributed by atoms with E-state index >= 15 is 0 Å². The first-order chi connectivity index (χ1) is 12.3. The molecule has 0 bridgehead atoms. The van der Waals surface area contributed by atoms with E-state index in [4.69, 9.17) is 4.74 Å². The first-order valence-electron chi connectivity index (χ1n) is 9.45. The van der Waals surface area contributed by atoms with Gasteiger partial charge in [-0.1, -0.05) is 39.5 Å². The van der Waals surface area contributed by atoms with Crippen LogP contribution in [-0.2, 0) is 0 Å². The lowest BCUT2D eigenvalue weighted by molar-refractivity contribution is 0.482. The maximum absolute atomic E-state index is 5.96. The zero-order chi connectivity index (χ0) is 17.7. The minimum atomic E-state index is 0.904.